The van der Waals surface area contributed by atoms with Gasteiger partial charge in [-0.05, 0) is 41.3 Å². The molecule has 0 radical (unpaired) electrons. The van der Waals surface area contributed by atoms with Crippen molar-refractivity contribution in [1.82, 2.24) is 4.98 Å². The Hall–Kier alpha value is -3.64. The summed E-state index contributed by atoms with van der Waals surface area (Å²) in [5.41, 5.74) is 5.73. The van der Waals surface area contributed by atoms with Gasteiger partial charge in [0.05, 0.1) is 17.1 Å². The minimum absolute atomic E-state index is 0.483. The lowest BCUT2D eigenvalue weighted by Crippen LogP contribution is -1.98. The fourth-order valence-corrected chi connectivity index (χ4v) is 3.27. The Bertz CT molecular complexity index is 1160. The van der Waals surface area contributed by atoms with Crippen LogP contribution >= 0.6 is 0 Å². The van der Waals surface area contributed by atoms with Crippen molar-refractivity contribution in [3.8, 4) is 22.9 Å². The van der Waals surface area contributed by atoms with E-state index in [9.17, 15) is 5.26 Å². The second-order valence-corrected chi connectivity index (χ2v) is 6.63. The number of hydrogen-bond acceptors (Lipinski definition) is 3. The summed E-state index contributed by atoms with van der Waals surface area (Å²) in [4.78, 5) is 4.66. The molecule has 0 aliphatic heterocycles. The smallest absolute Gasteiger partial charge is 0.131 e. The summed E-state index contributed by atoms with van der Waals surface area (Å²) in [6, 6.07) is 28.2. The normalized spacial score (nSPS) is 10.6. The monoisotopic (exact) mass is 364 g/mol. The van der Waals surface area contributed by atoms with E-state index in [4.69, 9.17) is 4.74 Å². The number of aryl methyl sites for hydroxylation is 1. The quantitative estimate of drug-likeness (QED) is 0.442. The highest BCUT2D eigenvalue weighted by Gasteiger charge is 2.07. The van der Waals surface area contributed by atoms with E-state index in [1.165, 1.54) is 0 Å². The first-order valence-corrected chi connectivity index (χ1v) is 9.38. The molecule has 0 aliphatic carbocycles. The first-order valence-electron chi connectivity index (χ1n) is 9.38. The molecular weight excluding hydrogens is 344 g/mol. The lowest BCUT2D eigenvalue weighted by Gasteiger charge is -2.12. The number of aromatic nitrogens is 1. The van der Waals surface area contributed by atoms with E-state index in [-0.39, 0.29) is 0 Å². The third-order valence-electron chi connectivity index (χ3n) is 4.80. The average molecular weight is 364 g/mol. The predicted molar refractivity (Wildman–Crippen MR) is 112 cm³/mol. The van der Waals surface area contributed by atoms with Crippen LogP contribution in [0.2, 0.25) is 0 Å². The summed E-state index contributed by atoms with van der Waals surface area (Å²) in [5.74, 6) is 0.862. The molecule has 0 spiro atoms. The number of nitrogens with zero attached hydrogens (tertiary/aromatic N) is 2. The van der Waals surface area contributed by atoms with Crippen molar-refractivity contribution in [2.24, 2.45) is 0 Å². The fraction of sp³-hybridized carbons (Fsp3) is 0.120. The van der Waals surface area contributed by atoms with Crippen LogP contribution in [0.3, 0.4) is 0 Å². The summed E-state index contributed by atoms with van der Waals surface area (Å²) in [5, 5.41) is 10.3. The molecule has 0 unspecified atom stereocenters. The molecule has 4 rings (SSSR count). The maximum Gasteiger partial charge on any atom is 0.131 e. The van der Waals surface area contributed by atoms with Crippen LogP contribution in [0, 0.1) is 11.3 Å². The Balaban J connectivity index is 1.56. The Kier molecular flexibility index (Phi) is 5.03. The first kappa shape index (κ1) is 17.8. The number of rotatable bonds is 5. The van der Waals surface area contributed by atoms with Gasteiger partial charge in [-0.1, -0.05) is 61.5 Å². The molecule has 136 valence electrons. The van der Waals surface area contributed by atoms with Gasteiger partial charge in [-0.15, -0.1) is 0 Å². The molecule has 0 atom stereocenters. The van der Waals surface area contributed by atoms with Gasteiger partial charge in [-0.25, -0.2) is 0 Å². The number of fused-ring (bicyclic) bond motifs is 1. The molecule has 3 aromatic carbocycles. The average Bonchev–Trinajstić information content (AvgIpc) is 2.77. The predicted octanol–water partition coefficient (Wildman–Crippen LogP) is 5.91. The number of nitriles is 1. The second-order valence-electron chi connectivity index (χ2n) is 6.63. The van der Waals surface area contributed by atoms with Gasteiger partial charge in [0.1, 0.15) is 12.4 Å². The molecular formula is C25H20N2O. The van der Waals surface area contributed by atoms with Gasteiger partial charge < -0.3 is 4.74 Å². The van der Waals surface area contributed by atoms with Crippen LogP contribution in [0.1, 0.15) is 23.7 Å². The highest BCUT2D eigenvalue weighted by molar-refractivity contribution is 5.85. The summed E-state index contributed by atoms with van der Waals surface area (Å²) >= 11 is 0. The van der Waals surface area contributed by atoms with Crippen molar-refractivity contribution in [2.45, 2.75) is 20.0 Å². The second kappa shape index (κ2) is 7.94. The van der Waals surface area contributed by atoms with Gasteiger partial charge in [0.15, 0.2) is 0 Å². The number of ether oxygens (including phenoxy) is 1. The summed E-state index contributed by atoms with van der Waals surface area (Å²) < 4.78 is 6.15. The molecule has 28 heavy (non-hydrogen) atoms. The number of para-hydroxylation sites is 1. The molecule has 0 bridgehead atoms. The van der Waals surface area contributed by atoms with Crippen molar-refractivity contribution in [3.05, 3.63) is 95.7 Å². The van der Waals surface area contributed by atoms with Crippen LogP contribution in [-0.4, -0.2) is 4.98 Å². The van der Waals surface area contributed by atoms with E-state index >= 15 is 0 Å². The maximum absolute atomic E-state index is 9.30. The largest absolute Gasteiger partial charge is 0.488 e. The van der Waals surface area contributed by atoms with Crippen LogP contribution in [0.4, 0.5) is 0 Å². The zero-order chi connectivity index (χ0) is 19.3. The van der Waals surface area contributed by atoms with E-state index in [0.29, 0.717) is 12.2 Å². The summed E-state index contributed by atoms with van der Waals surface area (Å²) in [6.07, 6.45) is 0.869. The SMILES string of the molecule is CCc1cc(OCc2ccc(-c3ccccc3C#N)cc2)c2ccccc2n1. The number of benzene rings is 3. The third kappa shape index (κ3) is 3.58. The maximum atomic E-state index is 9.30. The van der Waals surface area contributed by atoms with Crippen molar-refractivity contribution in [1.29, 1.82) is 5.26 Å². The third-order valence-corrected chi connectivity index (χ3v) is 4.80. The minimum Gasteiger partial charge on any atom is -0.488 e. The summed E-state index contributed by atoms with van der Waals surface area (Å²) in [6.45, 7) is 2.58. The Labute approximate surface area is 164 Å². The molecule has 0 aliphatic rings. The van der Waals surface area contributed by atoms with Gasteiger partial charge in [-0.3, -0.25) is 4.98 Å². The Morgan fingerprint density at radius 1 is 0.929 bits per heavy atom. The standard InChI is InChI=1S/C25H20N2O/c1-2-21-15-25(23-9-5-6-10-24(23)27-21)28-17-18-11-13-19(14-12-18)22-8-4-3-7-20(22)16-26/h3-15H,2,17H2,1H3. The molecule has 1 heterocycles. The number of hydrogen-bond donors (Lipinski definition) is 0. The van der Waals surface area contributed by atoms with Crippen molar-refractivity contribution in [2.75, 3.05) is 0 Å². The first-order chi connectivity index (χ1) is 13.8. The van der Waals surface area contributed by atoms with Gasteiger partial charge in [0, 0.05) is 17.1 Å². The van der Waals surface area contributed by atoms with Gasteiger partial charge in [0.2, 0.25) is 0 Å². The Morgan fingerprint density at radius 3 is 2.46 bits per heavy atom. The van der Waals surface area contributed by atoms with Gasteiger partial charge in [0.25, 0.3) is 0 Å². The number of pyridine rings is 1. The highest BCUT2D eigenvalue weighted by Crippen LogP contribution is 2.27. The van der Waals surface area contributed by atoms with Gasteiger partial charge >= 0.3 is 0 Å². The molecule has 3 nitrogen and oxygen atoms in total. The van der Waals surface area contributed by atoms with Crippen LogP contribution < -0.4 is 4.74 Å². The molecule has 0 fully saturated rings. The van der Waals surface area contributed by atoms with Crippen LogP contribution in [0.25, 0.3) is 22.0 Å². The molecule has 0 N–H and O–H groups in total. The van der Waals surface area contributed by atoms with Crippen molar-refractivity contribution >= 4 is 10.9 Å². The van der Waals surface area contributed by atoms with Crippen LogP contribution in [-0.2, 0) is 13.0 Å². The summed E-state index contributed by atoms with van der Waals surface area (Å²) in [7, 11) is 0. The van der Waals surface area contributed by atoms with Crippen LogP contribution in [0.5, 0.6) is 5.75 Å². The van der Waals surface area contributed by atoms with E-state index in [1.807, 2.05) is 78.9 Å². The molecule has 4 aromatic rings. The van der Waals surface area contributed by atoms with E-state index in [2.05, 4.69) is 18.0 Å². The van der Waals surface area contributed by atoms with E-state index in [1.54, 1.807) is 0 Å². The van der Waals surface area contributed by atoms with Crippen molar-refractivity contribution < 1.29 is 4.74 Å². The molecule has 0 amide bonds. The van der Waals surface area contributed by atoms with Crippen molar-refractivity contribution in [3.63, 3.8) is 0 Å². The van der Waals surface area contributed by atoms with E-state index in [0.717, 1.165) is 45.5 Å². The molecule has 0 saturated carbocycles. The van der Waals surface area contributed by atoms with Crippen LogP contribution in [0.15, 0.2) is 78.9 Å². The minimum atomic E-state index is 0.483. The molecule has 1 aromatic heterocycles. The lowest BCUT2D eigenvalue weighted by molar-refractivity contribution is 0.309. The zero-order valence-electron chi connectivity index (χ0n) is 15.7. The van der Waals surface area contributed by atoms with E-state index < -0.39 is 0 Å². The van der Waals surface area contributed by atoms with Gasteiger partial charge in [-0.2, -0.15) is 5.26 Å². The highest BCUT2D eigenvalue weighted by atomic mass is 16.5. The molecule has 0 saturated heterocycles. The fourth-order valence-electron chi connectivity index (χ4n) is 3.27. The lowest BCUT2D eigenvalue weighted by atomic mass is 9.99. The Morgan fingerprint density at radius 2 is 1.68 bits per heavy atom. The molecule has 3 heteroatoms. The zero-order valence-corrected chi connectivity index (χ0v) is 15.7. The topological polar surface area (TPSA) is 45.9 Å².